The molecule has 0 aromatic carbocycles. The number of aliphatic hydroxyl groups excluding tert-OH is 2. The lowest BCUT2D eigenvalue weighted by Crippen LogP contribution is -2.64. The third-order valence-electron chi connectivity index (χ3n) is 2.51. The molecule has 1 rings (SSSR count). The van der Waals surface area contributed by atoms with E-state index in [1.807, 2.05) is 0 Å². The zero-order valence-corrected chi connectivity index (χ0v) is 8.95. The van der Waals surface area contributed by atoms with Crippen LogP contribution in [0.5, 0.6) is 0 Å². The fraction of sp³-hybridized carbons (Fsp3) is 0.778. The summed E-state index contributed by atoms with van der Waals surface area (Å²) in [4.78, 5) is 21.6. The van der Waals surface area contributed by atoms with Crippen molar-refractivity contribution < 1.29 is 29.6 Å². The van der Waals surface area contributed by atoms with Crippen LogP contribution in [0.3, 0.4) is 0 Å². The van der Waals surface area contributed by atoms with Crippen molar-refractivity contribution in [3.63, 3.8) is 0 Å². The van der Waals surface area contributed by atoms with Crippen LogP contribution in [0.1, 0.15) is 13.8 Å². The molecule has 0 spiro atoms. The second-order valence-corrected chi connectivity index (χ2v) is 3.81. The van der Waals surface area contributed by atoms with Gasteiger partial charge in [-0.3, -0.25) is 4.79 Å². The van der Waals surface area contributed by atoms with Gasteiger partial charge in [0.05, 0.1) is 12.1 Å². The van der Waals surface area contributed by atoms with Gasteiger partial charge in [-0.25, -0.2) is 4.79 Å². The highest BCUT2D eigenvalue weighted by Crippen LogP contribution is 2.21. The van der Waals surface area contributed by atoms with Gasteiger partial charge in [0.15, 0.2) is 6.10 Å². The van der Waals surface area contributed by atoms with Crippen LogP contribution in [0.4, 0.5) is 0 Å². The molecule has 4 N–H and O–H groups in total. The van der Waals surface area contributed by atoms with Gasteiger partial charge in [-0.05, 0) is 6.92 Å². The predicted octanol–water partition coefficient (Wildman–Crippen LogP) is -1.92. The Morgan fingerprint density at radius 3 is 2.25 bits per heavy atom. The van der Waals surface area contributed by atoms with Crippen LogP contribution >= 0.6 is 0 Å². The average Bonchev–Trinajstić information content (AvgIpc) is 2.17. The fourth-order valence-corrected chi connectivity index (χ4v) is 1.71. The molecule has 7 nitrogen and oxygen atoms in total. The summed E-state index contributed by atoms with van der Waals surface area (Å²) < 4.78 is 5.02. The van der Waals surface area contributed by atoms with E-state index < -0.39 is 36.4 Å². The van der Waals surface area contributed by atoms with Crippen LogP contribution in [-0.2, 0) is 14.3 Å². The maximum atomic E-state index is 10.8. The monoisotopic (exact) mass is 233 g/mol. The van der Waals surface area contributed by atoms with Crippen LogP contribution in [0, 0.1) is 0 Å². The third-order valence-corrected chi connectivity index (χ3v) is 2.51. The molecule has 5 atom stereocenters. The largest absolute Gasteiger partial charge is 0.479 e. The van der Waals surface area contributed by atoms with Gasteiger partial charge in [0.2, 0.25) is 5.91 Å². The Labute approximate surface area is 92.0 Å². The number of aliphatic carboxylic acids is 1. The number of hydrogen-bond donors (Lipinski definition) is 4. The molecule has 0 bridgehead atoms. The zero-order valence-electron chi connectivity index (χ0n) is 8.95. The van der Waals surface area contributed by atoms with Crippen molar-refractivity contribution >= 4 is 11.9 Å². The van der Waals surface area contributed by atoms with Gasteiger partial charge >= 0.3 is 5.97 Å². The summed E-state index contributed by atoms with van der Waals surface area (Å²) in [5, 5.41) is 30.3. The van der Waals surface area contributed by atoms with Crippen LogP contribution in [-0.4, -0.2) is 57.7 Å². The maximum absolute atomic E-state index is 10.8. The molecule has 1 heterocycles. The van der Waals surface area contributed by atoms with Crippen LogP contribution in [0.25, 0.3) is 0 Å². The van der Waals surface area contributed by atoms with Crippen LogP contribution < -0.4 is 5.32 Å². The standard InChI is InChI=1S/C9H15NO6/c1-3-5(10-4(2)11)6(12)7(13)8(16-3)9(14)15/h3,5-8,12-13H,1-2H3,(H,10,11)(H,14,15)/t3?,5-,6+,7+,8-/m0/s1. The highest BCUT2D eigenvalue weighted by molar-refractivity contribution is 5.74. The van der Waals surface area contributed by atoms with E-state index in [1.54, 1.807) is 0 Å². The Balaban J connectivity index is 2.79. The van der Waals surface area contributed by atoms with E-state index in [2.05, 4.69) is 5.32 Å². The van der Waals surface area contributed by atoms with E-state index in [0.29, 0.717) is 0 Å². The van der Waals surface area contributed by atoms with Gasteiger partial charge in [0.25, 0.3) is 0 Å². The van der Waals surface area contributed by atoms with Crippen molar-refractivity contribution in [3.05, 3.63) is 0 Å². The summed E-state index contributed by atoms with van der Waals surface area (Å²) in [6.45, 7) is 2.78. The lowest BCUT2D eigenvalue weighted by Gasteiger charge is -2.40. The van der Waals surface area contributed by atoms with E-state index in [-0.39, 0.29) is 5.91 Å². The highest BCUT2D eigenvalue weighted by atomic mass is 16.5. The van der Waals surface area contributed by atoms with Gasteiger partial charge in [0, 0.05) is 6.92 Å². The second-order valence-electron chi connectivity index (χ2n) is 3.81. The van der Waals surface area contributed by atoms with Crippen molar-refractivity contribution in [1.29, 1.82) is 0 Å². The minimum absolute atomic E-state index is 0.388. The maximum Gasteiger partial charge on any atom is 0.335 e. The first-order valence-corrected chi connectivity index (χ1v) is 4.86. The molecule has 92 valence electrons. The average molecular weight is 233 g/mol. The van der Waals surface area contributed by atoms with Gasteiger partial charge in [0.1, 0.15) is 12.2 Å². The van der Waals surface area contributed by atoms with Gasteiger partial charge in [-0.1, -0.05) is 0 Å². The molecule has 1 amide bonds. The van der Waals surface area contributed by atoms with Gasteiger partial charge < -0.3 is 25.4 Å². The molecular formula is C9H15NO6. The highest BCUT2D eigenvalue weighted by Gasteiger charge is 2.46. The summed E-state index contributed by atoms with van der Waals surface area (Å²) in [5.41, 5.74) is 0. The summed E-state index contributed by atoms with van der Waals surface area (Å²) >= 11 is 0. The SMILES string of the molecule is CC(=O)N[C@H]1C(C)O[C@H](C(=O)O)[C@H](O)[C@@H]1O. The number of carbonyl (C=O) groups is 2. The number of hydrogen-bond acceptors (Lipinski definition) is 5. The molecule has 0 saturated carbocycles. The molecule has 0 aromatic rings. The Bertz CT molecular complexity index is 294. The van der Waals surface area contributed by atoms with Crippen molar-refractivity contribution in [3.8, 4) is 0 Å². The van der Waals surface area contributed by atoms with E-state index in [1.165, 1.54) is 13.8 Å². The molecule has 1 aliphatic heterocycles. The summed E-state index contributed by atoms with van der Waals surface area (Å²) in [6, 6.07) is -0.817. The minimum Gasteiger partial charge on any atom is -0.479 e. The molecule has 1 fully saturated rings. The molecular weight excluding hydrogens is 218 g/mol. The second kappa shape index (κ2) is 4.77. The Morgan fingerprint density at radius 2 is 1.81 bits per heavy atom. The number of amides is 1. The summed E-state index contributed by atoms with van der Waals surface area (Å²) in [5.74, 6) is -1.74. The molecule has 1 unspecified atom stereocenters. The van der Waals surface area contributed by atoms with Gasteiger partial charge in [-0.15, -0.1) is 0 Å². The van der Waals surface area contributed by atoms with Gasteiger partial charge in [-0.2, -0.15) is 0 Å². The topological polar surface area (TPSA) is 116 Å². The van der Waals surface area contributed by atoms with E-state index in [4.69, 9.17) is 9.84 Å². The Hall–Kier alpha value is -1.18. The van der Waals surface area contributed by atoms with Crippen molar-refractivity contribution in [2.45, 2.75) is 44.3 Å². The minimum atomic E-state index is -1.56. The normalized spacial score (nSPS) is 39.1. The molecule has 0 aromatic heterocycles. The number of aliphatic hydroxyl groups is 2. The van der Waals surface area contributed by atoms with Crippen molar-refractivity contribution in [2.24, 2.45) is 0 Å². The molecule has 16 heavy (non-hydrogen) atoms. The van der Waals surface area contributed by atoms with E-state index >= 15 is 0 Å². The third kappa shape index (κ3) is 2.49. The molecule has 0 aliphatic carbocycles. The number of rotatable bonds is 2. The first kappa shape index (κ1) is 12.9. The molecule has 0 radical (unpaired) electrons. The van der Waals surface area contributed by atoms with Crippen molar-refractivity contribution in [1.82, 2.24) is 5.32 Å². The number of carbonyl (C=O) groups excluding carboxylic acids is 1. The number of ether oxygens (including phenoxy) is 1. The predicted molar refractivity (Wildman–Crippen MR) is 51.6 cm³/mol. The summed E-state index contributed by atoms with van der Waals surface area (Å²) in [7, 11) is 0. The first-order chi connectivity index (χ1) is 7.34. The smallest absolute Gasteiger partial charge is 0.335 e. The lowest BCUT2D eigenvalue weighted by atomic mass is 9.93. The zero-order chi connectivity index (χ0) is 12.5. The fourth-order valence-electron chi connectivity index (χ4n) is 1.71. The van der Waals surface area contributed by atoms with Crippen LogP contribution in [0.15, 0.2) is 0 Å². The number of carboxylic acid groups (broad SMARTS) is 1. The lowest BCUT2D eigenvalue weighted by molar-refractivity contribution is -0.199. The van der Waals surface area contributed by atoms with E-state index in [9.17, 15) is 19.8 Å². The van der Waals surface area contributed by atoms with E-state index in [0.717, 1.165) is 0 Å². The number of nitrogens with one attached hydrogen (secondary N) is 1. The number of carboxylic acids is 1. The van der Waals surface area contributed by atoms with Crippen molar-refractivity contribution in [2.75, 3.05) is 0 Å². The summed E-state index contributed by atoms with van der Waals surface area (Å²) in [6.07, 6.45) is -5.10. The Kier molecular flexibility index (Phi) is 3.84. The molecule has 7 heteroatoms. The first-order valence-electron chi connectivity index (χ1n) is 4.86. The molecule has 1 saturated heterocycles. The molecule has 1 aliphatic rings. The quantitative estimate of drug-likeness (QED) is 0.442. The Morgan fingerprint density at radius 1 is 1.25 bits per heavy atom. The van der Waals surface area contributed by atoms with Crippen LogP contribution in [0.2, 0.25) is 0 Å².